The Hall–Kier alpha value is -3.07. The number of sulfonamides is 1. The lowest BCUT2D eigenvalue weighted by Gasteiger charge is -2.10. The first-order chi connectivity index (χ1) is 12.9. The third-order valence-electron chi connectivity index (χ3n) is 3.47. The summed E-state index contributed by atoms with van der Waals surface area (Å²) in [5.41, 5.74) is -0.267. The largest absolute Gasteiger partial charge is 0.405 e. The van der Waals surface area contributed by atoms with Gasteiger partial charge in [0.15, 0.2) is 5.82 Å². The maximum absolute atomic E-state index is 12.6. The van der Waals surface area contributed by atoms with Crippen molar-refractivity contribution in [3.63, 3.8) is 0 Å². The molecule has 0 aliphatic heterocycles. The Kier molecular flexibility index (Phi) is 5.98. The van der Waals surface area contributed by atoms with Crippen LogP contribution in [-0.2, 0) is 10.0 Å². The number of alkyl halides is 3. The molecule has 28 heavy (non-hydrogen) atoms. The van der Waals surface area contributed by atoms with Crippen molar-refractivity contribution < 1.29 is 26.4 Å². The number of nitrogens with one attached hydrogen (secondary N) is 2. The highest BCUT2D eigenvalue weighted by atomic mass is 32.2. The molecule has 1 heterocycles. The number of benzene rings is 1. The van der Waals surface area contributed by atoms with Crippen molar-refractivity contribution >= 4 is 21.7 Å². The molecule has 0 radical (unpaired) electrons. The Balaban J connectivity index is 2.27. The first-order valence-electron chi connectivity index (χ1n) is 7.90. The van der Waals surface area contributed by atoms with Crippen LogP contribution >= 0.6 is 0 Å². The Morgan fingerprint density at radius 2 is 2.04 bits per heavy atom. The monoisotopic (exact) mass is 415 g/mol. The minimum absolute atomic E-state index is 0.00338. The highest BCUT2D eigenvalue weighted by molar-refractivity contribution is 7.92. The normalized spacial score (nSPS) is 11.9. The van der Waals surface area contributed by atoms with Crippen LogP contribution in [0.1, 0.15) is 35.8 Å². The summed E-state index contributed by atoms with van der Waals surface area (Å²) in [4.78, 5) is 11.5. The molecule has 0 bridgehead atoms. The number of hydrogen-bond acceptors (Lipinski definition) is 5. The second kappa shape index (κ2) is 7.89. The summed E-state index contributed by atoms with van der Waals surface area (Å²) in [6, 6.07) is 6.19. The van der Waals surface area contributed by atoms with Crippen LogP contribution in [0.4, 0.5) is 19.0 Å². The summed E-state index contributed by atoms with van der Waals surface area (Å²) in [7, 11) is -4.24. The summed E-state index contributed by atoms with van der Waals surface area (Å²) in [5.74, 6) is -1.26. The molecule has 2 rings (SSSR count). The van der Waals surface area contributed by atoms with Crippen molar-refractivity contribution in [1.82, 2.24) is 15.1 Å². The van der Waals surface area contributed by atoms with Gasteiger partial charge in [0.05, 0.1) is 4.90 Å². The molecule has 0 saturated carbocycles. The number of nitriles is 1. The number of carbonyl (C=O) groups is 1. The van der Waals surface area contributed by atoms with Crippen molar-refractivity contribution in [3.8, 4) is 6.07 Å². The predicted octanol–water partition coefficient (Wildman–Crippen LogP) is 2.43. The average molecular weight is 415 g/mol. The maximum atomic E-state index is 12.6. The topological polar surface area (TPSA) is 117 Å². The molecule has 1 aromatic heterocycles. The van der Waals surface area contributed by atoms with Crippen LogP contribution in [0.15, 0.2) is 35.4 Å². The van der Waals surface area contributed by atoms with Gasteiger partial charge in [-0.25, -0.2) is 8.42 Å². The van der Waals surface area contributed by atoms with Gasteiger partial charge < -0.3 is 5.32 Å². The van der Waals surface area contributed by atoms with E-state index in [1.54, 1.807) is 19.2 Å². The van der Waals surface area contributed by atoms with Gasteiger partial charge in [0.1, 0.15) is 18.2 Å². The van der Waals surface area contributed by atoms with Crippen LogP contribution in [-0.4, -0.2) is 36.8 Å². The van der Waals surface area contributed by atoms with Crippen LogP contribution in [0, 0.1) is 11.3 Å². The van der Waals surface area contributed by atoms with Crippen LogP contribution < -0.4 is 10.0 Å². The second-order valence-corrected chi connectivity index (χ2v) is 7.69. The van der Waals surface area contributed by atoms with E-state index >= 15 is 0 Å². The van der Waals surface area contributed by atoms with Gasteiger partial charge in [-0.2, -0.15) is 23.5 Å². The van der Waals surface area contributed by atoms with E-state index in [9.17, 15) is 26.4 Å². The zero-order valence-corrected chi connectivity index (χ0v) is 15.6. The number of halogens is 3. The lowest BCUT2D eigenvalue weighted by atomic mass is 10.2. The summed E-state index contributed by atoms with van der Waals surface area (Å²) < 4.78 is 65.3. The maximum Gasteiger partial charge on any atom is 0.405 e. The molecule has 2 N–H and O–H groups in total. The van der Waals surface area contributed by atoms with E-state index in [-0.39, 0.29) is 27.9 Å². The minimum Gasteiger partial charge on any atom is -0.343 e. The quantitative estimate of drug-likeness (QED) is 0.752. The van der Waals surface area contributed by atoms with E-state index in [1.807, 2.05) is 6.07 Å². The standard InChI is InChI=1S/C16H16F3N5O3S/c1-10(2)24-8-12(7-20)14(22-24)23-28(26,27)13-5-3-4-11(6-13)15(25)21-9-16(17,18)19/h3-6,8,10H,9H2,1-2H3,(H,21,25)(H,22,23). The molecular weight excluding hydrogens is 399 g/mol. The highest BCUT2D eigenvalue weighted by Gasteiger charge is 2.28. The average Bonchev–Trinajstić information content (AvgIpc) is 3.01. The van der Waals surface area contributed by atoms with E-state index in [1.165, 1.54) is 23.0 Å². The van der Waals surface area contributed by atoms with E-state index in [0.29, 0.717) is 0 Å². The molecule has 0 unspecified atom stereocenters. The summed E-state index contributed by atoms with van der Waals surface area (Å²) >= 11 is 0. The third kappa shape index (κ3) is 5.23. The predicted molar refractivity (Wildman–Crippen MR) is 93.0 cm³/mol. The molecule has 0 fully saturated rings. The molecule has 1 aromatic carbocycles. The van der Waals surface area contributed by atoms with Gasteiger partial charge in [-0.05, 0) is 32.0 Å². The van der Waals surface area contributed by atoms with Crippen LogP contribution in [0.3, 0.4) is 0 Å². The van der Waals surface area contributed by atoms with Gasteiger partial charge in [-0.1, -0.05) is 6.07 Å². The van der Waals surface area contributed by atoms with Crippen LogP contribution in [0.25, 0.3) is 0 Å². The number of nitrogens with zero attached hydrogens (tertiary/aromatic N) is 3. The SMILES string of the molecule is CC(C)n1cc(C#N)c(NS(=O)(=O)c2cccc(C(=O)NCC(F)(F)F)c2)n1. The molecule has 8 nitrogen and oxygen atoms in total. The Morgan fingerprint density at radius 1 is 1.36 bits per heavy atom. The fourth-order valence-electron chi connectivity index (χ4n) is 2.09. The first kappa shape index (κ1) is 21.2. The number of amides is 1. The van der Waals surface area contributed by atoms with Gasteiger partial charge in [-0.3, -0.25) is 14.2 Å². The zero-order chi connectivity index (χ0) is 21.1. The molecule has 2 aromatic rings. The second-order valence-electron chi connectivity index (χ2n) is 6.01. The summed E-state index contributed by atoms with van der Waals surface area (Å²) in [5, 5.41) is 14.8. The number of carbonyl (C=O) groups excluding carboxylic acids is 1. The summed E-state index contributed by atoms with van der Waals surface area (Å²) in [6.45, 7) is 2.03. The lowest BCUT2D eigenvalue weighted by Crippen LogP contribution is -2.33. The molecule has 0 aliphatic carbocycles. The van der Waals surface area contributed by atoms with Crippen molar-refractivity contribution in [3.05, 3.63) is 41.6 Å². The fourth-order valence-corrected chi connectivity index (χ4v) is 3.15. The van der Waals surface area contributed by atoms with Crippen LogP contribution in [0.5, 0.6) is 0 Å². The van der Waals surface area contributed by atoms with Gasteiger partial charge in [-0.15, -0.1) is 0 Å². The fraction of sp³-hybridized carbons (Fsp3) is 0.312. The van der Waals surface area contributed by atoms with Crippen LogP contribution in [0.2, 0.25) is 0 Å². The highest BCUT2D eigenvalue weighted by Crippen LogP contribution is 2.21. The van der Waals surface area contributed by atoms with E-state index in [0.717, 1.165) is 12.1 Å². The van der Waals surface area contributed by atoms with Crippen molar-refractivity contribution in [2.45, 2.75) is 31.0 Å². The lowest BCUT2D eigenvalue weighted by molar-refractivity contribution is -0.123. The molecule has 1 amide bonds. The number of aromatic nitrogens is 2. The van der Waals surface area contributed by atoms with Gasteiger partial charge >= 0.3 is 6.18 Å². The van der Waals surface area contributed by atoms with Crippen molar-refractivity contribution in [2.75, 3.05) is 11.3 Å². The smallest absolute Gasteiger partial charge is 0.343 e. The molecule has 0 aliphatic rings. The number of anilines is 1. The molecular formula is C16H16F3N5O3S. The van der Waals surface area contributed by atoms with Gasteiger partial charge in [0.25, 0.3) is 15.9 Å². The molecule has 150 valence electrons. The zero-order valence-electron chi connectivity index (χ0n) is 14.8. The molecule has 12 heteroatoms. The third-order valence-corrected chi connectivity index (χ3v) is 4.81. The summed E-state index contributed by atoms with van der Waals surface area (Å²) in [6.07, 6.45) is -3.21. The molecule has 0 spiro atoms. The first-order valence-corrected chi connectivity index (χ1v) is 9.38. The van der Waals surface area contributed by atoms with E-state index in [4.69, 9.17) is 5.26 Å². The van der Waals surface area contributed by atoms with Crippen molar-refractivity contribution in [2.24, 2.45) is 0 Å². The van der Waals surface area contributed by atoms with Gasteiger partial charge in [0.2, 0.25) is 0 Å². The van der Waals surface area contributed by atoms with E-state index < -0.39 is 28.7 Å². The Labute approximate surface area is 159 Å². The molecule has 0 atom stereocenters. The molecule has 0 saturated heterocycles. The Bertz CT molecular complexity index is 1020. The number of hydrogen-bond donors (Lipinski definition) is 2. The minimum atomic E-state index is -4.59. The van der Waals surface area contributed by atoms with Gasteiger partial charge in [0, 0.05) is 17.8 Å². The van der Waals surface area contributed by atoms with Crippen molar-refractivity contribution in [1.29, 1.82) is 5.26 Å². The van der Waals surface area contributed by atoms with E-state index in [2.05, 4.69) is 9.82 Å². The Morgan fingerprint density at radius 3 is 2.61 bits per heavy atom. The number of rotatable bonds is 6.